The second-order valence-corrected chi connectivity index (χ2v) is 4.58. The summed E-state index contributed by atoms with van der Waals surface area (Å²) in [6.07, 6.45) is 0.0701. The van der Waals surface area contributed by atoms with Gasteiger partial charge in [0.1, 0.15) is 0 Å². The van der Waals surface area contributed by atoms with Crippen LogP contribution in [-0.2, 0) is 4.74 Å². The Kier molecular flexibility index (Phi) is 3.78. The van der Waals surface area contributed by atoms with Crippen molar-refractivity contribution in [1.82, 2.24) is 4.90 Å². The van der Waals surface area contributed by atoms with Crippen LogP contribution in [0.2, 0.25) is 0 Å². The van der Waals surface area contributed by atoms with Crippen molar-refractivity contribution in [2.75, 3.05) is 13.2 Å². The molecular weight excluding hydrogens is 212 g/mol. The van der Waals surface area contributed by atoms with E-state index in [1.165, 1.54) is 5.56 Å². The molecule has 0 N–H and O–H groups in total. The molecule has 0 radical (unpaired) electrons. The number of benzene rings is 1. The zero-order chi connectivity index (χ0) is 12.3. The lowest BCUT2D eigenvalue weighted by atomic mass is 9.99. The first-order valence-corrected chi connectivity index (χ1v) is 6.03. The normalized spacial score (nSPS) is 29.8. The highest BCUT2D eigenvalue weighted by Gasteiger charge is 2.33. The van der Waals surface area contributed by atoms with E-state index < -0.39 is 0 Å². The van der Waals surface area contributed by atoms with E-state index in [9.17, 15) is 0 Å². The molecule has 1 aromatic rings. The van der Waals surface area contributed by atoms with Crippen LogP contribution in [0.3, 0.4) is 0 Å². The van der Waals surface area contributed by atoms with Crippen LogP contribution in [0.1, 0.15) is 25.5 Å². The van der Waals surface area contributed by atoms with E-state index in [1.54, 1.807) is 0 Å². The Bertz CT molecular complexity index is 398. The second-order valence-electron chi connectivity index (χ2n) is 4.58. The number of ether oxygens (including phenoxy) is 1. The number of rotatable bonds is 2. The van der Waals surface area contributed by atoms with E-state index in [2.05, 4.69) is 36.9 Å². The standard InChI is InChI=1S/C14H18N2O/c1-11-10-17-14(12(2)16(11)9-8-15)13-6-4-3-5-7-13/h3-7,11-12,14H,9-10H2,1-2H3/t11-,12+,14-/m1/s1. The first-order chi connectivity index (χ1) is 8.24. The van der Waals surface area contributed by atoms with E-state index in [4.69, 9.17) is 10.00 Å². The van der Waals surface area contributed by atoms with Crippen LogP contribution in [0.25, 0.3) is 0 Å². The molecule has 1 aliphatic heterocycles. The van der Waals surface area contributed by atoms with Crippen LogP contribution in [0.5, 0.6) is 0 Å². The van der Waals surface area contributed by atoms with E-state index in [0.29, 0.717) is 19.2 Å². The quantitative estimate of drug-likeness (QED) is 0.732. The van der Waals surface area contributed by atoms with Gasteiger partial charge in [-0.05, 0) is 19.4 Å². The number of hydrogen-bond donors (Lipinski definition) is 0. The van der Waals surface area contributed by atoms with Gasteiger partial charge in [0, 0.05) is 12.1 Å². The van der Waals surface area contributed by atoms with Crippen LogP contribution in [-0.4, -0.2) is 30.1 Å². The van der Waals surface area contributed by atoms with E-state index >= 15 is 0 Å². The number of nitriles is 1. The first kappa shape index (κ1) is 12.1. The summed E-state index contributed by atoms with van der Waals surface area (Å²) in [5, 5.41) is 8.88. The highest BCUT2D eigenvalue weighted by Crippen LogP contribution is 2.30. The minimum atomic E-state index is 0.0701. The highest BCUT2D eigenvalue weighted by molar-refractivity contribution is 5.20. The predicted molar refractivity (Wildman–Crippen MR) is 66.4 cm³/mol. The lowest BCUT2D eigenvalue weighted by Crippen LogP contribution is -2.50. The molecule has 2 rings (SSSR count). The summed E-state index contributed by atoms with van der Waals surface area (Å²) in [7, 11) is 0. The Morgan fingerprint density at radius 1 is 1.35 bits per heavy atom. The van der Waals surface area contributed by atoms with Gasteiger partial charge in [0.25, 0.3) is 0 Å². The maximum atomic E-state index is 8.88. The van der Waals surface area contributed by atoms with Gasteiger partial charge in [0.2, 0.25) is 0 Å². The molecule has 0 unspecified atom stereocenters. The molecular formula is C14H18N2O. The van der Waals surface area contributed by atoms with Crippen LogP contribution in [0.4, 0.5) is 0 Å². The minimum absolute atomic E-state index is 0.0701. The molecule has 0 saturated carbocycles. The third-order valence-corrected chi connectivity index (χ3v) is 3.43. The van der Waals surface area contributed by atoms with Gasteiger partial charge in [-0.25, -0.2) is 0 Å². The molecule has 1 aromatic carbocycles. The van der Waals surface area contributed by atoms with Crippen molar-refractivity contribution >= 4 is 0 Å². The second kappa shape index (κ2) is 5.31. The van der Waals surface area contributed by atoms with Gasteiger partial charge < -0.3 is 4.74 Å². The summed E-state index contributed by atoms with van der Waals surface area (Å²) >= 11 is 0. The van der Waals surface area contributed by atoms with Gasteiger partial charge in [-0.1, -0.05) is 30.3 Å². The highest BCUT2D eigenvalue weighted by atomic mass is 16.5. The van der Waals surface area contributed by atoms with Gasteiger partial charge in [0.15, 0.2) is 0 Å². The Morgan fingerprint density at radius 3 is 2.71 bits per heavy atom. The van der Waals surface area contributed by atoms with Crippen LogP contribution in [0, 0.1) is 11.3 Å². The molecule has 3 atom stereocenters. The lowest BCUT2D eigenvalue weighted by Gasteiger charge is -2.42. The number of nitrogens with zero attached hydrogens (tertiary/aromatic N) is 2. The molecule has 0 spiro atoms. The third-order valence-electron chi connectivity index (χ3n) is 3.43. The first-order valence-electron chi connectivity index (χ1n) is 6.03. The van der Waals surface area contributed by atoms with Crippen molar-refractivity contribution in [2.24, 2.45) is 0 Å². The average Bonchev–Trinajstić information content (AvgIpc) is 2.36. The number of morpholine rings is 1. The zero-order valence-corrected chi connectivity index (χ0v) is 10.3. The monoisotopic (exact) mass is 230 g/mol. The fraction of sp³-hybridized carbons (Fsp3) is 0.500. The topological polar surface area (TPSA) is 36.3 Å². The molecule has 3 nitrogen and oxygen atoms in total. The van der Waals surface area contributed by atoms with E-state index in [-0.39, 0.29) is 12.1 Å². The van der Waals surface area contributed by atoms with E-state index in [1.807, 2.05) is 18.2 Å². The molecule has 0 amide bonds. The Balaban J connectivity index is 2.18. The maximum absolute atomic E-state index is 8.88. The van der Waals surface area contributed by atoms with Crippen molar-refractivity contribution in [3.8, 4) is 6.07 Å². The fourth-order valence-electron chi connectivity index (χ4n) is 2.45. The summed E-state index contributed by atoms with van der Waals surface area (Å²) in [5.41, 5.74) is 1.19. The fourth-order valence-corrected chi connectivity index (χ4v) is 2.45. The maximum Gasteiger partial charge on any atom is 0.0978 e. The van der Waals surface area contributed by atoms with Crippen LogP contribution < -0.4 is 0 Å². The molecule has 90 valence electrons. The minimum Gasteiger partial charge on any atom is -0.370 e. The van der Waals surface area contributed by atoms with Gasteiger partial charge in [-0.3, -0.25) is 4.90 Å². The summed E-state index contributed by atoms with van der Waals surface area (Å²) in [6.45, 7) is 5.39. The van der Waals surface area contributed by atoms with Gasteiger partial charge in [0.05, 0.1) is 25.3 Å². The van der Waals surface area contributed by atoms with Gasteiger partial charge >= 0.3 is 0 Å². The van der Waals surface area contributed by atoms with E-state index in [0.717, 1.165) is 0 Å². The molecule has 0 aromatic heterocycles. The molecule has 17 heavy (non-hydrogen) atoms. The SMILES string of the molecule is C[C@@H]1CO[C@@H](c2ccccc2)[C@H](C)N1CC#N. The summed E-state index contributed by atoms with van der Waals surface area (Å²) in [4.78, 5) is 2.21. The zero-order valence-electron chi connectivity index (χ0n) is 10.3. The van der Waals surface area contributed by atoms with Gasteiger partial charge in [-0.2, -0.15) is 5.26 Å². The molecule has 3 heteroatoms. The van der Waals surface area contributed by atoms with Crippen molar-refractivity contribution in [1.29, 1.82) is 5.26 Å². The molecule has 1 aliphatic rings. The largest absolute Gasteiger partial charge is 0.370 e. The van der Waals surface area contributed by atoms with Crippen molar-refractivity contribution in [2.45, 2.75) is 32.0 Å². The summed E-state index contributed by atoms with van der Waals surface area (Å²) in [5.74, 6) is 0. The molecule has 0 aliphatic carbocycles. The summed E-state index contributed by atoms with van der Waals surface area (Å²) in [6, 6.07) is 13.0. The average molecular weight is 230 g/mol. The summed E-state index contributed by atoms with van der Waals surface area (Å²) < 4.78 is 5.91. The third kappa shape index (κ3) is 2.49. The Morgan fingerprint density at radius 2 is 2.06 bits per heavy atom. The molecule has 1 saturated heterocycles. The number of hydrogen-bond acceptors (Lipinski definition) is 3. The molecule has 0 bridgehead atoms. The lowest BCUT2D eigenvalue weighted by molar-refractivity contribution is -0.0907. The van der Waals surface area contributed by atoms with Crippen LogP contribution in [0.15, 0.2) is 30.3 Å². The van der Waals surface area contributed by atoms with Gasteiger partial charge in [-0.15, -0.1) is 0 Å². The predicted octanol–water partition coefficient (Wildman–Crippen LogP) is 2.36. The molecule has 1 heterocycles. The Labute approximate surface area is 103 Å². The van der Waals surface area contributed by atoms with Crippen molar-refractivity contribution in [3.63, 3.8) is 0 Å². The van der Waals surface area contributed by atoms with Crippen LogP contribution >= 0.6 is 0 Å². The van der Waals surface area contributed by atoms with Crippen molar-refractivity contribution < 1.29 is 4.74 Å². The Hall–Kier alpha value is -1.37. The molecule has 1 fully saturated rings. The van der Waals surface area contributed by atoms with Crippen molar-refractivity contribution in [3.05, 3.63) is 35.9 Å². The smallest absolute Gasteiger partial charge is 0.0978 e.